The Morgan fingerprint density at radius 2 is 1.62 bits per heavy atom. The van der Waals surface area contributed by atoms with Crippen molar-refractivity contribution in [3.8, 4) is 5.75 Å². The highest BCUT2D eigenvalue weighted by molar-refractivity contribution is 5.81. The summed E-state index contributed by atoms with van der Waals surface area (Å²) >= 11 is 0. The Balaban J connectivity index is 2.01. The zero-order valence-corrected chi connectivity index (χ0v) is 15.4. The zero-order valence-electron chi connectivity index (χ0n) is 15.4. The molecule has 3 heteroatoms. The van der Waals surface area contributed by atoms with Crippen molar-refractivity contribution in [3.63, 3.8) is 0 Å². The third kappa shape index (κ3) is 4.38. The maximum atomic E-state index is 12.4. The molecule has 0 aliphatic heterocycles. The van der Waals surface area contributed by atoms with Gasteiger partial charge in [0.1, 0.15) is 5.75 Å². The van der Waals surface area contributed by atoms with E-state index in [9.17, 15) is 4.79 Å². The third-order valence-corrected chi connectivity index (χ3v) is 4.41. The fourth-order valence-electron chi connectivity index (χ4n) is 2.76. The van der Waals surface area contributed by atoms with E-state index < -0.39 is 6.10 Å². The van der Waals surface area contributed by atoms with Gasteiger partial charge >= 0.3 is 0 Å². The standard InChI is InChI=1S/C21H27NO2/c1-13-7-10-20(16(4)11-13)17(5)22-21(23)18(6)24-19-9-8-14(2)15(3)12-19/h7-12,17-18H,1-6H3,(H,22,23)/t17-,18+/m1/s1. The van der Waals surface area contributed by atoms with Crippen LogP contribution in [0.15, 0.2) is 36.4 Å². The molecule has 0 saturated heterocycles. The molecule has 2 aromatic rings. The van der Waals surface area contributed by atoms with Crippen molar-refractivity contribution in [2.75, 3.05) is 0 Å². The summed E-state index contributed by atoms with van der Waals surface area (Å²) in [7, 11) is 0. The lowest BCUT2D eigenvalue weighted by atomic mass is 10.00. The highest BCUT2D eigenvalue weighted by Gasteiger charge is 2.18. The molecule has 0 unspecified atom stereocenters. The number of ether oxygens (including phenoxy) is 1. The van der Waals surface area contributed by atoms with Crippen molar-refractivity contribution < 1.29 is 9.53 Å². The fraction of sp³-hybridized carbons (Fsp3) is 0.381. The number of amides is 1. The van der Waals surface area contributed by atoms with Gasteiger partial charge < -0.3 is 10.1 Å². The van der Waals surface area contributed by atoms with Gasteiger partial charge in [0, 0.05) is 0 Å². The molecule has 0 aliphatic carbocycles. The van der Waals surface area contributed by atoms with Crippen LogP contribution in [0.5, 0.6) is 5.75 Å². The normalized spacial score (nSPS) is 13.2. The van der Waals surface area contributed by atoms with Gasteiger partial charge in [0.25, 0.3) is 5.91 Å². The number of aryl methyl sites for hydroxylation is 4. The van der Waals surface area contributed by atoms with Crippen molar-refractivity contribution in [1.29, 1.82) is 0 Å². The highest BCUT2D eigenvalue weighted by Crippen LogP contribution is 2.20. The van der Waals surface area contributed by atoms with Crippen LogP contribution in [0, 0.1) is 27.7 Å². The molecule has 24 heavy (non-hydrogen) atoms. The predicted molar refractivity (Wildman–Crippen MR) is 98.5 cm³/mol. The summed E-state index contributed by atoms with van der Waals surface area (Å²) in [5, 5.41) is 3.04. The van der Waals surface area contributed by atoms with Crippen LogP contribution >= 0.6 is 0 Å². The minimum atomic E-state index is -0.541. The van der Waals surface area contributed by atoms with E-state index in [0.717, 1.165) is 16.9 Å². The first-order chi connectivity index (χ1) is 11.3. The van der Waals surface area contributed by atoms with E-state index in [1.54, 1.807) is 6.92 Å². The first-order valence-electron chi connectivity index (χ1n) is 8.39. The number of carbonyl (C=O) groups is 1. The summed E-state index contributed by atoms with van der Waals surface area (Å²) in [5.74, 6) is 0.612. The molecular weight excluding hydrogens is 298 g/mol. The minimum Gasteiger partial charge on any atom is -0.481 e. The molecule has 0 saturated carbocycles. The molecule has 0 fully saturated rings. The van der Waals surface area contributed by atoms with E-state index in [1.165, 1.54) is 16.7 Å². The summed E-state index contributed by atoms with van der Waals surface area (Å²) < 4.78 is 5.79. The van der Waals surface area contributed by atoms with Crippen LogP contribution in [0.3, 0.4) is 0 Å². The van der Waals surface area contributed by atoms with Crippen LogP contribution < -0.4 is 10.1 Å². The Labute approximate surface area is 145 Å². The summed E-state index contributed by atoms with van der Waals surface area (Å²) in [6.45, 7) is 12.0. The van der Waals surface area contributed by atoms with E-state index in [2.05, 4.69) is 44.3 Å². The molecule has 2 rings (SSSR count). The van der Waals surface area contributed by atoms with E-state index >= 15 is 0 Å². The largest absolute Gasteiger partial charge is 0.481 e. The molecule has 2 atom stereocenters. The molecule has 3 nitrogen and oxygen atoms in total. The summed E-state index contributed by atoms with van der Waals surface area (Å²) in [6.07, 6.45) is -0.541. The topological polar surface area (TPSA) is 38.3 Å². The summed E-state index contributed by atoms with van der Waals surface area (Å²) in [4.78, 5) is 12.4. The van der Waals surface area contributed by atoms with E-state index in [0.29, 0.717) is 0 Å². The van der Waals surface area contributed by atoms with Crippen LogP contribution in [0.4, 0.5) is 0 Å². The Hall–Kier alpha value is -2.29. The van der Waals surface area contributed by atoms with Gasteiger partial charge in [0.2, 0.25) is 0 Å². The first-order valence-corrected chi connectivity index (χ1v) is 8.39. The lowest BCUT2D eigenvalue weighted by Crippen LogP contribution is -2.38. The number of rotatable bonds is 5. The van der Waals surface area contributed by atoms with Gasteiger partial charge in [-0.15, -0.1) is 0 Å². The number of carbonyl (C=O) groups excluding carboxylic acids is 1. The average molecular weight is 325 g/mol. The van der Waals surface area contributed by atoms with Gasteiger partial charge in [-0.1, -0.05) is 29.8 Å². The first kappa shape index (κ1) is 18.1. The van der Waals surface area contributed by atoms with Gasteiger partial charge in [0.05, 0.1) is 6.04 Å². The van der Waals surface area contributed by atoms with E-state index in [-0.39, 0.29) is 11.9 Å². The quantitative estimate of drug-likeness (QED) is 0.875. The van der Waals surface area contributed by atoms with Crippen molar-refractivity contribution in [2.24, 2.45) is 0 Å². The number of benzene rings is 2. The van der Waals surface area contributed by atoms with Crippen LogP contribution in [-0.2, 0) is 4.79 Å². The second kappa shape index (κ2) is 7.52. The molecule has 2 aromatic carbocycles. The maximum Gasteiger partial charge on any atom is 0.261 e. The maximum absolute atomic E-state index is 12.4. The lowest BCUT2D eigenvalue weighted by molar-refractivity contribution is -0.127. The zero-order chi connectivity index (χ0) is 17.9. The SMILES string of the molecule is Cc1ccc([C@@H](C)NC(=O)[C@H](C)Oc2ccc(C)c(C)c2)c(C)c1. The average Bonchev–Trinajstić information content (AvgIpc) is 2.50. The minimum absolute atomic E-state index is 0.0519. The molecule has 0 radical (unpaired) electrons. The van der Waals surface area contributed by atoms with Gasteiger partial charge in [-0.3, -0.25) is 4.79 Å². The van der Waals surface area contributed by atoms with Crippen molar-refractivity contribution in [1.82, 2.24) is 5.32 Å². The van der Waals surface area contributed by atoms with Gasteiger partial charge in [0.15, 0.2) is 6.10 Å². The molecule has 0 bridgehead atoms. The Kier molecular flexibility index (Phi) is 5.66. The van der Waals surface area contributed by atoms with Gasteiger partial charge in [-0.2, -0.15) is 0 Å². The Morgan fingerprint density at radius 1 is 0.917 bits per heavy atom. The van der Waals surface area contributed by atoms with Crippen molar-refractivity contribution in [2.45, 2.75) is 53.7 Å². The number of hydrogen-bond acceptors (Lipinski definition) is 2. The fourth-order valence-corrected chi connectivity index (χ4v) is 2.76. The molecule has 0 spiro atoms. The Bertz CT molecular complexity index is 737. The van der Waals surface area contributed by atoms with E-state index in [1.807, 2.05) is 32.0 Å². The second-order valence-corrected chi connectivity index (χ2v) is 6.60. The van der Waals surface area contributed by atoms with Crippen molar-refractivity contribution in [3.05, 3.63) is 64.2 Å². The van der Waals surface area contributed by atoms with Crippen LogP contribution in [0.2, 0.25) is 0 Å². The molecule has 1 N–H and O–H groups in total. The summed E-state index contributed by atoms with van der Waals surface area (Å²) in [5.41, 5.74) is 5.91. The molecule has 0 aromatic heterocycles. The molecule has 128 valence electrons. The molecule has 0 aliphatic rings. The number of hydrogen-bond donors (Lipinski definition) is 1. The predicted octanol–water partition coefficient (Wildman–Crippen LogP) is 4.56. The van der Waals surface area contributed by atoms with E-state index in [4.69, 9.17) is 4.74 Å². The van der Waals surface area contributed by atoms with Crippen molar-refractivity contribution >= 4 is 5.91 Å². The third-order valence-electron chi connectivity index (χ3n) is 4.41. The van der Waals surface area contributed by atoms with Crippen LogP contribution in [-0.4, -0.2) is 12.0 Å². The lowest BCUT2D eigenvalue weighted by Gasteiger charge is -2.21. The van der Waals surface area contributed by atoms with Crippen LogP contribution in [0.1, 0.15) is 47.7 Å². The number of nitrogens with one attached hydrogen (secondary N) is 1. The summed E-state index contributed by atoms with van der Waals surface area (Å²) in [6, 6.07) is 12.1. The second-order valence-electron chi connectivity index (χ2n) is 6.60. The molecule has 1 amide bonds. The molecule has 0 heterocycles. The monoisotopic (exact) mass is 325 g/mol. The van der Waals surface area contributed by atoms with Crippen LogP contribution in [0.25, 0.3) is 0 Å². The Morgan fingerprint density at radius 3 is 2.25 bits per heavy atom. The molecular formula is C21H27NO2. The van der Waals surface area contributed by atoms with Gasteiger partial charge in [-0.05, 0) is 75.9 Å². The smallest absolute Gasteiger partial charge is 0.261 e. The highest BCUT2D eigenvalue weighted by atomic mass is 16.5. The van der Waals surface area contributed by atoms with Gasteiger partial charge in [-0.25, -0.2) is 0 Å².